The number of carbonyl (C=O) groups excluding carboxylic acids is 1. The molecule has 1 saturated heterocycles. The van der Waals surface area contributed by atoms with Gasteiger partial charge in [0.2, 0.25) is 5.91 Å². The number of fused-ring (bicyclic) bond motifs is 1. The first kappa shape index (κ1) is 21.2. The minimum absolute atomic E-state index is 0. The van der Waals surface area contributed by atoms with E-state index in [-0.39, 0.29) is 42.8 Å². The van der Waals surface area contributed by atoms with E-state index in [2.05, 4.69) is 25.4 Å². The fourth-order valence-electron chi connectivity index (χ4n) is 3.17. The van der Waals surface area contributed by atoms with Crippen LogP contribution in [-0.2, 0) is 22.5 Å². The van der Waals surface area contributed by atoms with Crippen LogP contribution in [-0.4, -0.2) is 46.5 Å². The Bertz CT molecular complexity index is 520. The van der Waals surface area contributed by atoms with Gasteiger partial charge in [-0.1, -0.05) is 6.42 Å². The molecule has 138 valence electrons. The molecule has 2 atom stereocenters. The number of rotatable bonds is 4. The number of carbonyl (C=O) groups is 1. The Morgan fingerprint density at radius 2 is 2.21 bits per heavy atom. The van der Waals surface area contributed by atoms with Crippen molar-refractivity contribution in [2.45, 2.75) is 57.7 Å². The summed E-state index contributed by atoms with van der Waals surface area (Å²) >= 11 is 0. The Morgan fingerprint density at radius 1 is 1.38 bits per heavy atom. The molecular formula is C15H27Cl2N5O2. The van der Waals surface area contributed by atoms with Crippen LogP contribution in [0.2, 0.25) is 0 Å². The van der Waals surface area contributed by atoms with E-state index in [1.54, 1.807) is 0 Å². The van der Waals surface area contributed by atoms with E-state index in [4.69, 9.17) is 4.74 Å². The van der Waals surface area contributed by atoms with Gasteiger partial charge in [-0.15, -0.1) is 35.0 Å². The molecule has 1 aromatic heterocycles. The van der Waals surface area contributed by atoms with Crippen molar-refractivity contribution >= 4 is 30.7 Å². The normalized spacial score (nSPS) is 21.5. The van der Waals surface area contributed by atoms with Crippen LogP contribution in [0.4, 0.5) is 0 Å². The average Bonchev–Trinajstić information content (AvgIpc) is 2.77. The number of nitrogens with one attached hydrogen (secondary N) is 2. The lowest BCUT2D eigenvalue weighted by molar-refractivity contribution is -0.123. The van der Waals surface area contributed by atoms with Gasteiger partial charge in [-0.25, -0.2) is 0 Å². The smallest absolute Gasteiger partial charge is 0.222 e. The Hall–Kier alpha value is -0.890. The summed E-state index contributed by atoms with van der Waals surface area (Å²) in [6.07, 6.45) is 4.98. The number of nitrogens with zero attached hydrogens (tertiary/aromatic N) is 3. The van der Waals surface area contributed by atoms with E-state index >= 15 is 0 Å². The molecule has 7 nitrogen and oxygen atoms in total. The first-order valence-electron chi connectivity index (χ1n) is 8.26. The molecule has 0 aliphatic carbocycles. The van der Waals surface area contributed by atoms with Gasteiger partial charge < -0.3 is 19.9 Å². The predicted octanol–water partition coefficient (Wildman–Crippen LogP) is 1.40. The van der Waals surface area contributed by atoms with Crippen molar-refractivity contribution < 1.29 is 9.53 Å². The molecule has 3 heterocycles. The van der Waals surface area contributed by atoms with Crippen molar-refractivity contribution in [3.05, 3.63) is 11.6 Å². The van der Waals surface area contributed by atoms with Gasteiger partial charge in [-0.2, -0.15) is 0 Å². The van der Waals surface area contributed by atoms with Crippen LogP contribution in [0.15, 0.2) is 0 Å². The molecule has 0 bridgehead atoms. The minimum Gasteiger partial charge on any atom is -0.378 e. The largest absolute Gasteiger partial charge is 0.378 e. The van der Waals surface area contributed by atoms with Crippen LogP contribution in [0.1, 0.15) is 50.3 Å². The summed E-state index contributed by atoms with van der Waals surface area (Å²) in [5, 5.41) is 14.9. The lowest BCUT2D eigenvalue weighted by atomic mass is 10.2. The standard InChI is InChI=1S/C15H25N5O2.2ClH/c1-11(17-14(21)9-12-10-22-8-6-16-12)15-19-18-13-5-3-2-4-7-20(13)15;;/h11-12,16H,2-10H2,1H3,(H,17,21);2*1H/t11-,12?;;/m1../s1. The van der Waals surface area contributed by atoms with E-state index in [9.17, 15) is 4.79 Å². The number of amides is 1. The number of halogens is 2. The zero-order valence-corrected chi connectivity index (χ0v) is 15.6. The number of hydrogen-bond acceptors (Lipinski definition) is 5. The number of aromatic nitrogens is 3. The van der Waals surface area contributed by atoms with Crippen LogP contribution in [0, 0.1) is 0 Å². The second-order valence-corrected chi connectivity index (χ2v) is 6.16. The molecule has 0 spiro atoms. The molecule has 1 unspecified atom stereocenters. The Morgan fingerprint density at radius 3 is 2.96 bits per heavy atom. The highest BCUT2D eigenvalue weighted by Gasteiger charge is 2.22. The number of morpholine rings is 1. The maximum Gasteiger partial charge on any atom is 0.222 e. The predicted molar refractivity (Wildman–Crippen MR) is 95.9 cm³/mol. The van der Waals surface area contributed by atoms with E-state index in [0.717, 1.165) is 44.2 Å². The van der Waals surface area contributed by atoms with Crippen molar-refractivity contribution in [1.82, 2.24) is 25.4 Å². The molecule has 9 heteroatoms. The molecular weight excluding hydrogens is 353 g/mol. The maximum atomic E-state index is 12.2. The highest BCUT2D eigenvalue weighted by Crippen LogP contribution is 2.18. The van der Waals surface area contributed by atoms with Crippen molar-refractivity contribution in [2.75, 3.05) is 19.8 Å². The monoisotopic (exact) mass is 379 g/mol. The van der Waals surface area contributed by atoms with Gasteiger partial charge in [0.1, 0.15) is 5.82 Å². The van der Waals surface area contributed by atoms with Crippen molar-refractivity contribution in [3.63, 3.8) is 0 Å². The second-order valence-electron chi connectivity index (χ2n) is 6.16. The fourth-order valence-corrected chi connectivity index (χ4v) is 3.17. The molecule has 3 rings (SSSR count). The van der Waals surface area contributed by atoms with Crippen LogP contribution >= 0.6 is 24.8 Å². The van der Waals surface area contributed by atoms with Gasteiger partial charge in [0, 0.05) is 32.0 Å². The summed E-state index contributed by atoms with van der Waals surface area (Å²) in [5.41, 5.74) is 0. The van der Waals surface area contributed by atoms with Crippen LogP contribution in [0.3, 0.4) is 0 Å². The third-order valence-corrected chi connectivity index (χ3v) is 4.33. The second kappa shape index (κ2) is 10.2. The van der Waals surface area contributed by atoms with E-state index in [0.29, 0.717) is 13.0 Å². The molecule has 2 aliphatic rings. The summed E-state index contributed by atoms with van der Waals surface area (Å²) in [6, 6.07) is -0.00664. The molecule has 0 saturated carbocycles. The SMILES string of the molecule is C[C@@H](NC(=O)CC1COCCN1)c1nnc2n1CCCCC2.Cl.Cl. The van der Waals surface area contributed by atoms with Crippen molar-refractivity contribution in [2.24, 2.45) is 0 Å². The zero-order chi connectivity index (χ0) is 15.4. The summed E-state index contributed by atoms with van der Waals surface area (Å²) < 4.78 is 7.56. The zero-order valence-electron chi connectivity index (χ0n) is 14.0. The van der Waals surface area contributed by atoms with Crippen LogP contribution < -0.4 is 10.6 Å². The number of hydrogen-bond donors (Lipinski definition) is 2. The van der Waals surface area contributed by atoms with Gasteiger partial charge in [-0.3, -0.25) is 4.79 Å². The van der Waals surface area contributed by atoms with E-state index in [1.165, 1.54) is 12.8 Å². The Labute approximate surface area is 155 Å². The molecule has 0 aromatic carbocycles. The molecule has 2 aliphatic heterocycles. The van der Waals surface area contributed by atoms with Crippen molar-refractivity contribution in [3.8, 4) is 0 Å². The van der Waals surface area contributed by atoms with Crippen LogP contribution in [0.5, 0.6) is 0 Å². The van der Waals surface area contributed by atoms with Gasteiger partial charge in [0.05, 0.1) is 19.3 Å². The maximum absolute atomic E-state index is 12.2. The van der Waals surface area contributed by atoms with Gasteiger partial charge >= 0.3 is 0 Å². The third kappa shape index (κ3) is 5.31. The van der Waals surface area contributed by atoms with Gasteiger partial charge in [0.25, 0.3) is 0 Å². The minimum atomic E-state index is -0.114. The molecule has 1 amide bonds. The van der Waals surface area contributed by atoms with Gasteiger partial charge in [0.15, 0.2) is 5.82 Å². The van der Waals surface area contributed by atoms with E-state index in [1.807, 2.05) is 6.92 Å². The summed E-state index contributed by atoms with van der Waals surface area (Å²) in [6.45, 7) is 5.06. The quantitative estimate of drug-likeness (QED) is 0.826. The molecule has 0 radical (unpaired) electrons. The molecule has 1 fully saturated rings. The van der Waals surface area contributed by atoms with Crippen LogP contribution in [0.25, 0.3) is 0 Å². The van der Waals surface area contributed by atoms with E-state index < -0.39 is 0 Å². The first-order valence-corrected chi connectivity index (χ1v) is 8.26. The topological polar surface area (TPSA) is 81.1 Å². The summed E-state index contributed by atoms with van der Waals surface area (Å²) in [7, 11) is 0. The molecule has 2 N–H and O–H groups in total. The molecule has 1 aromatic rings. The highest BCUT2D eigenvalue weighted by molar-refractivity contribution is 5.85. The lowest BCUT2D eigenvalue weighted by Gasteiger charge is -2.24. The highest BCUT2D eigenvalue weighted by atomic mass is 35.5. The van der Waals surface area contributed by atoms with Gasteiger partial charge in [-0.05, 0) is 19.8 Å². The number of ether oxygens (including phenoxy) is 1. The fraction of sp³-hybridized carbons (Fsp3) is 0.800. The Balaban J connectivity index is 0.00000144. The lowest BCUT2D eigenvalue weighted by Crippen LogP contribution is -2.44. The molecule has 24 heavy (non-hydrogen) atoms. The third-order valence-electron chi connectivity index (χ3n) is 4.33. The average molecular weight is 380 g/mol. The Kier molecular flexibility index (Phi) is 8.97. The first-order chi connectivity index (χ1) is 10.7. The number of aryl methyl sites for hydroxylation is 1. The van der Waals surface area contributed by atoms with Crippen molar-refractivity contribution in [1.29, 1.82) is 0 Å². The summed E-state index contributed by atoms with van der Waals surface area (Å²) in [4.78, 5) is 12.2. The summed E-state index contributed by atoms with van der Waals surface area (Å²) in [5.74, 6) is 1.95.